The molecule has 0 bridgehead atoms. The molecule has 0 radical (unpaired) electrons. The molecule has 1 amide bonds. The quantitative estimate of drug-likeness (QED) is 0.915. The maximum atomic E-state index is 12.0. The number of hydrogen-bond acceptors (Lipinski definition) is 4. The van der Waals surface area contributed by atoms with Gasteiger partial charge in [0.05, 0.1) is 18.7 Å². The number of hydrogen-bond donors (Lipinski definition) is 1. The Morgan fingerprint density at radius 2 is 2.33 bits per heavy atom. The lowest BCUT2D eigenvalue weighted by molar-refractivity contribution is -0.125. The third-order valence-corrected chi connectivity index (χ3v) is 3.60. The van der Waals surface area contributed by atoms with E-state index in [1.807, 2.05) is 19.3 Å². The second-order valence-corrected chi connectivity index (χ2v) is 5.26. The van der Waals surface area contributed by atoms with Crippen molar-refractivity contribution >= 4 is 5.91 Å². The number of aryl methyl sites for hydroxylation is 1. The van der Waals surface area contributed by atoms with Gasteiger partial charge < -0.3 is 10.1 Å². The fourth-order valence-electron chi connectivity index (χ4n) is 2.39. The van der Waals surface area contributed by atoms with E-state index in [0.29, 0.717) is 19.8 Å². The van der Waals surface area contributed by atoms with E-state index in [9.17, 15) is 4.79 Å². The highest BCUT2D eigenvalue weighted by atomic mass is 16.5. The lowest BCUT2D eigenvalue weighted by Crippen LogP contribution is -2.30. The van der Waals surface area contributed by atoms with Crippen LogP contribution in [0.5, 0.6) is 0 Å². The van der Waals surface area contributed by atoms with Crippen molar-refractivity contribution < 1.29 is 9.53 Å². The van der Waals surface area contributed by atoms with Gasteiger partial charge in [0.2, 0.25) is 5.91 Å². The zero-order chi connectivity index (χ0) is 14.7. The first kappa shape index (κ1) is 13.8. The summed E-state index contributed by atoms with van der Waals surface area (Å²) in [6, 6.07) is 2.02. The van der Waals surface area contributed by atoms with Gasteiger partial charge in [0.25, 0.3) is 0 Å². The first-order valence-electron chi connectivity index (χ1n) is 7.01. The second kappa shape index (κ2) is 6.05. The molecule has 6 heteroatoms. The third-order valence-electron chi connectivity index (χ3n) is 3.60. The van der Waals surface area contributed by atoms with Gasteiger partial charge in [-0.05, 0) is 18.1 Å². The summed E-state index contributed by atoms with van der Waals surface area (Å²) in [6.07, 6.45) is 8.11. The Hall–Kier alpha value is -2.21. The number of carbonyl (C=O) groups is 1. The zero-order valence-electron chi connectivity index (χ0n) is 12.0. The lowest BCUT2D eigenvalue weighted by atomic mass is 10.1. The van der Waals surface area contributed by atoms with Crippen molar-refractivity contribution in [3.05, 3.63) is 36.4 Å². The summed E-state index contributed by atoms with van der Waals surface area (Å²) in [4.78, 5) is 16.2. The minimum Gasteiger partial charge on any atom is -0.381 e. The number of ether oxygens (including phenoxy) is 1. The number of pyridine rings is 1. The molecule has 0 aliphatic carbocycles. The Bertz CT molecular complexity index is 632. The maximum Gasteiger partial charge on any atom is 0.225 e. The van der Waals surface area contributed by atoms with E-state index in [1.165, 1.54) is 0 Å². The number of nitrogens with one attached hydrogen (secondary N) is 1. The molecule has 2 aromatic rings. The van der Waals surface area contributed by atoms with Crippen molar-refractivity contribution in [2.75, 3.05) is 13.2 Å². The Balaban J connectivity index is 1.64. The lowest BCUT2D eigenvalue weighted by Gasteiger charge is -2.09. The average Bonchev–Trinajstić information content (AvgIpc) is 3.16. The number of aromatic nitrogens is 3. The minimum absolute atomic E-state index is 0.0144. The van der Waals surface area contributed by atoms with Gasteiger partial charge in [-0.1, -0.05) is 0 Å². The van der Waals surface area contributed by atoms with Crippen molar-refractivity contribution in [1.29, 1.82) is 0 Å². The highest BCUT2D eigenvalue weighted by Crippen LogP contribution is 2.18. The van der Waals surface area contributed by atoms with E-state index in [4.69, 9.17) is 4.74 Å². The van der Waals surface area contributed by atoms with Crippen molar-refractivity contribution in [2.24, 2.45) is 13.0 Å². The third kappa shape index (κ3) is 3.28. The van der Waals surface area contributed by atoms with Crippen molar-refractivity contribution in [3.8, 4) is 11.1 Å². The number of nitrogens with zero attached hydrogens (tertiary/aromatic N) is 3. The molecular formula is C15H18N4O2. The van der Waals surface area contributed by atoms with Gasteiger partial charge in [0.15, 0.2) is 0 Å². The van der Waals surface area contributed by atoms with Crippen LogP contribution in [0.25, 0.3) is 11.1 Å². The van der Waals surface area contributed by atoms with Crippen LogP contribution in [-0.4, -0.2) is 33.9 Å². The normalized spacial score (nSPS) is 17.9. The van der Waals surface area contributed by atoms with Crippen LogP contribution in [0, 0.1) is 5.92 Å². The Kier molecular flexibility index (Phi) is 3.96. The average molecular weight is 286 g/mol. The fourth-order valence-corrected chi connectivity index (χ4v) is 2.39. The number of rotatable bonds is 4. The van der Waals surface area contributed by atoms with E-state index in [1.54, 1.807) is 23.3 Å². The van der Waals surface area contributed by atoms with E-state index in [-0.39, 0.29) is 11.8 Å². The summed E-state index contributed by atoms with van der Waals surface area (Å²) >= 11 is 0. The van der Waals surface area contributed by atoms with Gasteiger partial charge in [0.1, 0.15) is 0 Å². The molecule has 0 saturated carbocycles. The molecule has 1 atom stereocenters. The second-order valence-electron chi connectivity index (χ2n) is 5.26. The van der Waals surface area contributed by atoms with Crippen LogP contribution in [0.15, 0.2) is 30.9 Å². The molecule has 0 spiro atoms. The molecule has 2 aromatic heterocycles. The molecule has 1 aliphatic heterocycles. The molecule has 110 valence electrons. The summed E-state index contributed by atoms with van der Waals surface area (Å²) in [5.41, 5.74) is 2.99. The predicted molar refractivity (Wildman–Crippen MR) is 77.2 cm³/mol. The van der Waals surface area contributed by atoms with Crippen molar-refractivity contribution in [3.63, 3.8) is 0 Å². The highest BCUT2D eigenvalue weighted by Gasteiger charge is 2.22. The number of amides is 1. The largest absolute Gasteiger partial charge is 0.381 e. The molecule has 6 nitrogen and oxygen atoms in total. The summed E-state index contributed by atoms with van der Waals surface area (Å²) in [5, 5.41) is 7.10. The van der Waals surface area contributed by atoms with E-state index in [2.05, 4.69) is 15.4 Å². The van der Waals surface area contributed by atoms with Crippen LogP contribution in [0.4, 0.5) is 0 Å². The number of carbonyl (C=O) groups excluding carboxylic acids is 1. The molecule has 1 N–H and O–H groups in total. The molecule has 21 heavy (non-hydrogen) atoms. The van der Waals surface area contributed by atoms with Gasteiger partial charge >= 0.3 is 0 Å². The van der Waals surface area contributed by atoms with E-state index < -0.39 is 0 Å². The molecule has 0 unspecified atom stereocenters. The Morgan fingerprint density at radius 1 is 1.43 bits per heavy atom. The van der Waals surface area contributed by atoms with Crippen molar-refractivity contribution in [2.45, 2.75) is 13.0 Å². The molecule has 3 rings (SSSR count). The SMILES string of the molecule is Cn1cc(-c2cncc(CNC(=O)[C@@H]3CCOC3)c2)cn1. The van der Waals surface area contributed by atoms with Gasteiger partial charge in [-0.3, -0.25) is 14.5 Å². The molecule has 0 aromatic carbocycles. The van der Waals surface area contributed by atoms with Gasteiger partial charge in [0, 0.05) is 49.9 Å². The smallest absolute Gasteiger partial charge is 0.225 e. The van der Waals surface area contributed by atoms with Crippen molar-refractivity contribution in [1.82, 2.24) is 20.1 Å². The van der Waals surface area contributed by atoms with Crippen LogP contribution in [0.2, 0.25) is 0 Å². The van der Waals surface area contributed by atoms with Gasteiger partial charge in [-0.2, -0.15) is 5.10 Å². The van der Waals surface area contributed by atoms with Crippen LogP contribution in [0.1, 0.15) is 12.0 Å². The van der Waals surface area contributed by atoms with E-state index in [0.717, 1.165) is 23.1 Å². The standard InChI is InChI=1S/C15H18N4O2/c1-19-9-14(8-18-19)13-4-11(5-16-7-13)6-17-15(20)12-2-3-21-10-12/h4-5,7-9,12H,2-3,6,10H2,1H3,(H,17,20)/t12-/m1/s1. The zero-order valence-corrected chi connectivity index (χ0v) is 12.0. The van der Waals surface area contributed by atoms with E-state index >= 15 is 0 Å². The summed E-state index contributed by atoms with van der Waals surface area (Å²) < 4.78 is 6.98. The summed E-state index contributed by atoms with van der Waals surface area (Å²) in [7, 11) is 1.88. The van der Waals surface area contributed by atoms with Crippen LogP contribution in [0.3, 0.4) is 0 Å². The fraction of sp³-hybridized carbons (Fsp3) is 0.400. The first-order chi connectivity index (χ1) is 10.2. The monoisotopic (exact) mass is 286 g/mol. The molecule has 1 fully saturated rings. The predicted octanol–water partition coefficient (Wildman–Crippen LogP) is 1.13. The Labute approximate surface area is 123 Å². The van der Waals surface area contributed by atoms with Crippen LogP contribution >= 0.6 is 0 Å². The minimum atomic E-state index is -0.0144. The summed E-state index contributed by atoms with van der Waals surface area (Å²) in [6.45, 7) is 1.69. The Morgan fingerprint density at radius 3 is 3.05 bits per heavy atom. The van der Waals surface area contributed by atoms with Crippen LogP contribution < -0.4 is 5.32 Å². The first-order valence-corrected chi connectivity index (χ1v) is 7.01. The van der Waals surface area contributed by atoms with Crippen LogP contribution in [-0.2, 0) is 23.1 Å². The molecule has 1 saturated heterocycles. The topological polar surface area (TPSA) is 69.0 Å². The highest BCUT2D eigenvalue weighted by molar-refractivity contribution is 5.79. The maximum absolute atomic E-state index is 12.0. The summed E-state index contributed by atoms with van der Waals surface area (Å²) in [5.74, 6) is 0.0405. The molecule has 1 aliphatic rings. The molecule has 3 heterocycles. The molecular weight excluding hydrogens is 268 g/mol. The van der Waals surface area contributed by atoms with Gasteiger partial charge in [-0.15, -0.1) is 0 Å². The van der Waals surface area contributed by atoms with Gasteiger partial charge in [-0.25, -0.2) is 0 Å².